The van der Waals surface area contributed by atoms with Crippen LogP contribution in [-0.2, 0) is 65.4 Å². The van der Waals surface area contributed by atoms with Gasteiger partial charge < -0.3 is 33.8 Å². The Morgan fingerprint density at radius 1 is 0.287 bits per heavy atom. The summed E-state index contributed by atoms with van der Waals surface area (Å²) in [5.41, 5.74) is 0. The van der Waals surface area contributed by atoms with Crippen molar-refractivity contribution in [2.45, 2.75) is 412 Å². The molecule has 0 aromatic rings. The molecule has 0 saturated heterocycles. The maximum atomic E-state index is 13.1. The molecule has 5 atom stereocenters. The van der Waals surface area contributed by atoms with E-state index in [1.54, 1.807) is 0 Å². The van der Waals surface area contributed by atoms with Gasteiger partial charge in [-0.15, -0.1) is 0 Å². The monoisotopic (exact) mass is 1380 g/mol. The van der Waals surface area contributed by atoms with Crippen molar-refractivity contribution >= 4 is 39.5 Å². The molecule has 0 heterocycles. The van der Waals surface area contributed by atoms with Crippen LogP contribution in [0.5, 0.6) is 0 Å². The Morgan fingerprint density at radius 3 is 0.723 bits per heavy atom. The van der Waals surface area contributed by atoms with E-state index in [0.29, 0.717) is 25.7 Å². The summed E-state index contributed by atoms with van der Waals surface area (Å²) < 4.78 is 68.4. The number of phosphoric ester groups is 2. The summed E-state index contributed by atoms with van der Waals surface area (Å²) in [6.45, 7) is 7.27. The molecule has 0 aliphatic carbocycles. The SMILES string of the molecule is CCCCCCCCCCCCCCCCCCCCCCC(=O)O[C@H](COC(=O)CCCCCCCCCCCCCC(C)C)COP(=O)(O)OC[C@@H](O)COP(=O)(O)OC[C@@H](COC(=O)CCCCCCCCCCC)OC(=O)CCCCCCCCCCCCC. The number of rotatable bonds is 75. The van der Waals surface area contributed by atoms with Crippen LogP contribution in [0.15, 0.2) is 0 Å². The Kier molecular flexibility index (Phi) is 66.8. The summed E-state index contributed by atoms with van der Waals surface area (Å²) in [5, 5.41) is 10.6. The number of aliphatic hydroxyl groups is 1. The standard InChI is InChI=1S/C75H146O17P2/c1-6-9-12-15-18-21-23-24-25-26-27-28-29-30-31-35-41-46-51-56-61-75(80)92-71(65-86-73(78)59-54-49-44-39-36-32-34-38-42-47-52-57-68(4)5)67-90-94(83,84)88-63-69(76)62-87-93(81,82)89-66-70(64-85-72(77)58-53-48-43-37-20-17-14-11-8-3)91-74(79)60-55-50-45-40-33-22-19-16-13-10-7-2/h68-71,76H,6-67H2,1-5H3,(H,81,82)(H,83,84)/t69-,70+,71+/m0/s1. The molecule has 0 rings (SSSR count). The number of esters is 4. The first-order chi connectivity index (χ1) is 45.5. The van der Waals surface area contributed by atoms with Gasteiger partial charge in [0.15, 0.2) is 12.2 Å². The normalized spacial score (nSPS) is 14.0. The average molecular weight is 1380 g/mol. The van der Waals surface area contributed by atoms with Crippen LogP contribution < -0.4 is 0 Å². The molecular formula is C75H146O17P2. The van der Waals surface area contributed by atoms with E-state index in [4.69, 9.17) is 37.0 Å². The Bertz CT molecular complexity index is 1810. The Hall–Kier alpha value is -1.94. The van der Waals surface area contributed by atoms with E-state index in [1.165, 1.54) is 218 Å². The van der Waals surface area contributed by atoms with Crippen LogP contribution >= 0.6 is 15.6 Å². The van der Waals surface area contributed by atoms with E-state index in [2.05, 4.69) is 34.6 Å². The van der Waals surface area contributed by atoms with Gasteiger partial charge in [0.05, 0.1) is 26.4 Å². The highest BCUT2D eigenvalue weighted by molar-refractivity contribution is 7.47. The van der Waals surface area contributed by atoms with Crippen molar-refractivity contribution in [3.63, 3.8) is 0 Å². The Labute approximate surface area is 575 Å². The van der Waals surface area contributed by atoms with Crippen molar-refractivity contribution in [3.8, 4) is 0 Å². The lowest BCUT2D eigenvalue weighted by molar-refractivity contribution is -0.161. The molecule has 0 aromatic carbocycles. The molecule has 0 amide bonds. The highest BCUT2D eigenvalue weighted by Crippen LogP contribution is 2.45. The van der Waals surface area contributed by atoms with Crippen molar-refractivity contribution < 1.29 is 80.2 Å². The predicted octanol–water partition coefficient (Wildman–Crippen LogP) is 22.1. The van der Waals surface area contributed by atoms with Crippen LogP contribution in [0.1, 0.15) is 394 Å². The number of ether oxygens (including phenoxy) is 4. The summed E-state index contributed by atoms with van der Waals surface area (Å²) in [7, 11) is -9.90. The zero-order valence-electron chi connectivity index (χ0n) is 61.1. The van der Waals surface area contributed by atoms with Gasteiger partial charge in [-0.1, -0.05) is 343 Å². The minimum absolute atomic E-state index is 0.107. The van der Waals surface area contributed by atoms with Gasteiger partial charge in [-0.25, -0.2) is 9.13 Å². The molecule has 0 aromatic heterocycles. The number of hydrogen-bond acceptors (Lipinski definition) is 15. The Morgan fingerprint density at radius 2 is 0.489 bits per heavy atom. The molecule has 3 N–H and O–H groups in total. The fourth-order valence-electron chi connectivity index (χ4n) is 11.5. The summed E-state index contributed by atoms with van der Waals surface area (Å²) in [5.74, 6) is -1.35. The molecule has 17 nitrogen and oxygen atoms in total. The van der Waals surface area contributed by atoms with Crippen molar-refractivity contribution in [2.24, 2.45) is 5.92 Å². The topological polar surface area (TPSA) is 237 Å². The zero-order chi connectivity index (χ0) is 69.1. The molecule has 0 spiro atoms. The van der Waals surface area contributed by atoms with Crippen LogP contribution in [0.25, 0.3) is 0 Å². The number of carbonyl (C=O) groups is 4. The molecule has 2 unspecified atom stereocenters. The van der Waals surface area contributed by atoms with Gasteiger partial charge in [0, 0.05) is 25.7 Å². The first kappa shape index (κ1) is 92.1. The van der Waals surface area contributed by atoms with Crippen LogP contribution in [0.4, 0.5) is 0 Å². The van der Waals surface area contributed by atoms with Gasteiger partial charge in [-0.3, -0.25) is 37.3 Å². The van der Waals surface area contributed by atoms with E-state index < -0.39 is 97.5 Å². The fourth-order valence-corrected chi connectivity index (χ4v) is 13.1. The first-order valence-electron chi connectivity index (χ1n) is 39.1. The van der Waals surface area contributed by atoms with Crippen molar-refractivity contribution in [1.82, 2.24) is 0 Å². The van der Waals surface area contributed by atoms with Crippen molar-refractivity contribution in [1.29, 1.82) is 0 Å². The van der Waals surface area contributed by atoms with Crippen molar-refractivity contribution in [3.05, 3.63) is 0 Å². The van der Waals surface area contributed by atoms with Gasteiger partial charge in [-0.2, -0.15) is 0 Å². The molecule has 0 saturated carbocycles. The third kappa shape index (κ3) is 68.6. The quantitative estimate of drug-likeness (QED) is 0.0222. The van der Waals surface area contributed by atoms with Gasteiger partial charge in [-0.05, 0) is 31.6 Å². The van der Waals surface area contributed by atoms with Gasteiger partial charge in [0.25, 0.3) is 0 Å². The van der Waals surface area contributed by atoms with Gasteiger partial charge in [0.2, 0.25) is 0 Å². The summed E-state index contributed by atoms with van der Waals surface area (Å²) in [6.07, 6.45) is 56.9. The second kappa shape index (κ2) is 68.2. The highest BCUT2D eigenvalue weighted by atomic mass is 31.2. The third-order valence-electron chi connectivity index (χ3n) is 17.5. The molecule has 94 heavy (non-hydrogen) atoms. The maximum Gasteiger partial charge on any atom is 0.472 e. The fraction of sp³-hybridized carbons (Fsp3) is 0.947. The largest absolute Gasteiger partial charge is 0.472 e. The molecule has 0 bridgehead atoms. The number of carbonyl (C=O) groups excluding carboxylic acids is 4. The third-order valence-corrected chi connectivity index (χ3v) is 19.4. The smallest absolute Gasteiger partial charge is 0.462 e. The van der Waals surface area contributed by atoms with Crippen LogP contribution in [0.2, 0.25) is 0 Å². The van der Waals surface area contributed by atoms with Crippen LogP contribution in [-0.4, -0.2) is 96.7 Å². The lowest BCUT2D eigenvalue weighted by Crippen LogP contribution is -2.30. The minimum Gasteiger partial charge on any atom is -0.462 e. The second-order valence-corrected chi connectivity index (χ2v) is 30.4. The predicted molar refractivity (Wildman–Crippen MR) is 382 cm³/mol. The van der Waals surface area contributed by atoms with E-state index in [9.17, 15) is 43.2 Å². The maximum absolute atomic E-state index is 13.1. The second-order valence-electron chi connectivity index (χ2n) is 27.5. The lowest BCUT2D eigenvalue weighted by Gasteiger charge is -2.21. The average Bonchev–Trinajstić information content (AvgIpc) is 1.96. The first-order valence-corrected chi connectivity index (χ1v) is 42.1. The molecule has 0 aliphatic rings. The zero-order valence-corrected chi connectivity index (χ0v) is 62.9. The lowest BCUT2D eigenvalue weighted by atomic mass is 10.0. The summed E-state index contributed by atoms with van der Waals surface area (Å²) in [6, 6.07) is 0. The summed E-state index contributed by atoms with van der Waals surface area (Å²) in [4.78, 5) is 72.7. The summed E-state index contributed by atoms with van der Waals surface area (Å²) >= 11 is 0. The van der Waals surface area contributed by atoms with E-state index in [-0.39, 0.29) is 25.7 Å². The minimum atomic E-state index is -4.96. The molecule has 0 aliphatic heterocycles. The molecular weight excluding hydrogens is 1230 g/mol. The molecule has 19 heteroatoms. The number of phosphoric acid groups is 2. The molecule has 0 radical (unpaired) electrons. The number of hydrogen-bond donors (Lipinski definition) is 3. The number of aliphatic hydroxyl groups excluding tert-OH is 1. The van der Waals surface area contributed by atoms with E-state index >= 15 is 0 Å². The highest BCUT2D eigenvalue weighted by Gasteiger charge is 2.30. The Balaban J connectivity index is 5.20. The molecule has 558 valence electrons. The van der Waals surface area contributed by atoms with Crippen LogP contribution in [0, 0.1) is 5.92 Å². The van der Waals surface area contributed by atoms with Crippen molar-refractivity contribution in [2.75, 3.05) is 39.6 Å². The van der Waals surface area contributed by atoms with E-state index in [1.807, 2.05) is 0 Å². The van der Waals surface area contributed by atoms with Gasteiger partial charge in [0.1, 0.15) is 19.3 Å². The molecule has 0 fully saturated rings. The van der Waals surface area contributed by atoms with Crippen LogP contribution in [0.3, 0.4) is 0 Å². The number of unbranched alkanes of at least 4 members (excludes halogenated alkanes) is 47. The van der Waals surface area contributed by atoms with Gasteiger partial charge >= 0.3 is 39.5 Å². The van der Waals surface area contributed by atoms with E-state index in [0.717, 1.165) is 95.8 Å².